The lowest BCUT2D eigenvalue weighted by atomic mass is 9.65. The van der Waals surface area contributed by atoms with Gasteiger partial charge in [-0.1, -0.05) is 13.8 Å². The molecule has 5 atom stereocenters. The summed E-state index contributed by atoms with van der Waals surface area (Å²) >= 11 is 0. The average Bonchev–Trinajstić information content (AvgIpc) is 2.65. The van der Waals surface area contributed by atoms with E-state index < -0.39 is 0 Å². The van der Waals surface area contributed by atoms with Crippen molar-refractivity contribution in [3.05, 3.63) is 0 Å². The van der Waals surface area contributed by atoms with Gasteiger partial charge >= 0.3 is 0 Å². The Morgan fingerprint density at radius 3 is 2.67 bits per heavy atom. The maximum Gasteiger partial charge on any atom is -0.0241 e. The van der Waals surface area contributed by atoms with Crippen molar-refractivity contribution in [3.63, 3.8) is 0 Å². The summed E-state index contributed by atoms with van der Waals surface area (Å²) in [5, 5.41) is 0. The Balaban J connectivity index is 2.01. The molecule has 0 aromatic rings. The van der Waals surface area contributed by atoms with Crippen molar-refractivity contribution in [2.45, 2.75) is 46.0 Å². The highest BCUT2D eigenvalue weighted by Crippen LogP contribution is 2.67. The smallest absolute Gasteiger partial charge is 0.0241 e. The lowest BCUT2D eigenvalue weighted by Gasteiger charge is -2.39. The molecule has 3 fully saturated rings. The van der Waals surface area contributed by atoms with E-state index in [-0.39, 0.29) is 0 Å². The Morgan fingerprint density at radius 2 is 1.92 bits per heavy atom. The first-order chi connectivity index (χ1) is 5.73. The summed E-state index contributed by atoms with van der Waals surface area (Å²) in [4.78, 5) is 0. The van der Waals surface area contributed by atoms with Gasteiger partial charge in [-0.3, -0.25) is 0 Å². The van der Waals surface area contributed by atoms with Gasteiger partial charge in [0.05, 0.1) is 0 Å². The zero-order valence-corrected chi connectivity index (χ0v) is 8.34. The fraction of sp³-hybridized carbons (Fsp3) is 1.00. The van der Waals surface area contributed by atoms with Crippen LogP contribution in [0.3, 0.4) is 0 Å². The lowest BCUT2D eigenvalue weighted by molar-refractivity contribution is 0.0910. The van der Waals surface area contributed by atoms with E-state index in [0.29, 0.717) is 0 Å². The molecule has 0 aliphatic heterocycles. The highest BCUT2D eigenvalue weighted by atomic mass is 14.6. The molecule has 68 valence electrons. The van der Waals surface area contributed by atoms with Crippen LogP contribution in [0.1, 0.15) is 46.0 Å². The molecule has 0 nitrogen and oxygen atoms in total. The zero-order valence-electron chi connectivity index (χ0n) is 8.34. The fourth-order valence-corrected chi connectivity index (χ4v) is 4.81. The van der Waals surface area contributed by atoms with Crippen LogP contribution in [0.15, 0.2) is 0 Å². The van der Waals surface area contributed by atoms with Crippen molar-refractivity contribution in [1.29, 1.82) is 0 Å². The minimum atomic E-state index is 0.781. The van der Waals surface area contributed by atoms with E-state index in [9.17, 15) is 0 Å². The third-order valence-electron chi connectivity index (χ3n) is 5.69. The standard InChI is InChI=1S/C12H20/c1-8-3-6-11-9-4-5-10(7-9)12(8,11)2/h8-11H,3-7H2,1-2H3. The highest BCUT2D eigenvalue weighted by Gasteiger charge is 2.59. The van der Waals surface area contributed by atoms with E-state index in [1.165, 1.54) is 6.42 Å². The minimum Gasteiger partial charge on any atom is -0.0620 e. The number of hydrogen-bond donors (Lipinski definition) is 0. The van der Waals surface area contributed by atoms with E-state index in [1.54, 1.807) is 25.7 Å². The Hall–Kier alpha value is 0. The molecule has 3 saturated carbocycles. The molecule has 2 bridgehead atoms. The van der Waals surface area contributed by atoms with Crippen LogP contribution in [-0.4, -0.2) is 0 Å². The summed E-state index contributed by atoms with van der Waals surface area (Å²) in [6.07, 6.45) is 7.79. The third-order valence-corrected chi connectivity index (χ3v) is 5.69. The van der Waals surface area contributed by atoms with E-state index >= 15 is 0 Å². The predicted molar refractivity (Wildman–Crippen MR) is 50.8 cm³/mol. The molecule has 3 aliphatic rings. The summed E-state index contributed by atoms with van der Waals surface area (Å²) in [7, 11) is 0. The first kappa shape index (κ1) is 7.41. The molecule has 3 aliphatic carbocycles. The minimum absolute atomic E-state index is 0.781. The summed E-state index contributed by atoms with van der Waals surface area (Å²) in [6, 6.07) is 0. The Morgan fingerprint density at radius 1 is 1.08 bits per heavy atom. The molecule has 5 unspecified atom stereocenters. The van der Waals surface area contributed by atoms with Gasteiger partial charge in [0, 0.05) is 0 Å². The second kappa shape index (κ2) is 2.08. The van der Waals surface area contributed by atoms with Crippen LogP contribution in [0.2, 0.25) is 0 Å². The molecule has 3 rings (SSSR count). The molecular weight excluding hydrogens is 144 g/mol. The van der Waals surface area contributed by atoms with Crippen molar-refractivity contribution in [1.82, 2.24) is 0 Å². The highest BCUT2D eigenvalue weighted by molar-refractivity contribution is 5.08. The number of fused-ring (bicyclic) bond motifs is 5. The van der Waals surface area contributed by atoms with Gasteiger partial charge in [0.2, 0.25) is 0 Å². The van der Waals surface area contributed by atoms with Crippen molar-refractivity contribution >= 4 is 0 Å². The van der Waals surface area contributed by atoms with E-state index in [0.717, 1.165) is 29.1 Å². The first-order valence-electron chi connectivity index (χ1n) is 5.73. The van der Waals surface area contributed by atoms with Gasteiger partial charge in [-0.05, 0) is 61.2 Å². The number of hydrogen-bond acceptors (Lipinski definition) is 0. The van der Waals surface area contributed by atoms with Gasteiger partial charge < -0.3 is 0 Å². The SMILES string of the molecule is CC1CCC2C3CCC(C3)C12C. The lowest BCUT2D eigenvalue weighted by Crippen LogP contribution is -2.33. The predicted octanol–water partition coefficient (Wildman–Crippen LogP) is 3.47. The molecule has 0 N–H and O–H groups in total. The molecule has 12 heavy (non-hydrogen) atoms. The largest absolute Gasteiger partial charge is 0.0620 e. The molecule has 0 aromatic carbocycles. The summed E-state index contributed by atoms with van der Waals surface area (Å²) in [5.74, 6) is 4.42. The topological polar surface area (TPSA) is 0 Å². The van der Waals surface area contributed by atoms with Crippen molar-refractivity contribution in [2.75, 3.05) is 0 Å². The molecular formula is C12H20. The van der Waals surface area contributed by atoms with Crippen LogP contribution in [0.5, 0.6) is 0 Å². The van der Waals surface area contributed by atoms with Crippen LogP contribution in [0, 0.1) is 29.1 Å². The Kier molecular flexibility index (Phi) is 1.28. The van der Waals surface area contributed by atoms with Gasteiger partial charge in [0.1, 0.15) is 0 Å². The van der Waals surface area contributed by atoms with Gasteiger partial charge in [-0.25, -0.2) is 0 Å². The second-order valence-corrected chi connectivity index (χ2v) is 5.72. The van der Waals surface area contributed by atoms with Crippen molar-refractivity contribution < 1.29 is 0 Å². The third kappa shape index (κ3) is 0.625. The quantitative estimate of drug-likeness (QED) is 0.514. The maximum atomic E-state index is 2.60. The van der Waals surface area contributed by atoms with E-state index in [2.05, 4.69) is 13.8 Å². The summed E-state index contributed by atoms with van der Waals surface area (Å²) in [5.41, 5.74) is 0.781. The normalized spacial score (nSPS) is 62.5. The van der Waals surface area contributed by atoms with Gasteiger partial charge in [0.15, 0.2) is 0 Å². The van der Waals surface area contributed by atoms with Gasteiger partial charge in [-0.15, -0.1) is 0 Å². The number of rotatable bonds is 0. The molecule has 0 amide bonds. The molecule has 0 spiro atoms. The molecule has 0 heteroatoms. The average molecular weight is 164 g/mol. The summed E-state index contributed by atoms with van der Waals surface area (Å²) < 4.78 is 0. The Labute approximate surface area is 75.7 Å². The van der Waals surface area contributed by atoms with Crippen molar-refractivity contribution in [2.24, 2.45) is 29.1 Å². The molecule has 0 aromatic heterocycles. The molecule has 0 radical (unpaired) electrons. The summed E-state index contributed by atoms with van der Waals surface area (Å²) in [6.45, 7) is 5.10. The Bertz CT molecular complexity index is 208. The zero-order chi connectivity index (χ0) is 8.34. The van der Waals surface area contributed by atoms with Crippen molar-refractivity contribution in [3.8, 4) is 0 Å². The first-order valence-corrected chi connectivity index (χ1v) is 5.73. The van der Waals surface area contributed by atoms with Gasteiger partial charge in [-0.2, -0.15) is 0 Å². The molecule has 0 saturated heterocycles. The van der Waals surface area contributed by atoms with E-state index in [4.69, 9.17) is 0 Å². The fourth-order valence-electron chi connectivity index (χ4n) is 4.81. The van der Waals surface area contributed by atoms with Crippen LogP contribution in [0.4, 0.5) is 0 Å². The van der Waals surface area contributed by atoms with Gasteiger partial charge in [0.25, 0.3) is 0 Å². The van der Waals surface area contributed by atoms with Crippen LogP contribution in [0.25, 0.3) is 0 Å². The van der Waals surface area contributed by atoms with Crippen LogP contribution >= 0.6 is 0 Å². The van der Waals surface area contributed by atoms with Crippen LogP contribution in [-0.2, 0) is 0 Å². The monoisotopic (exact) mass is 164 g/mol. The molecule has 0 heterocycles. The van der Waals surface area contributed by atoms with E-state index in [1.807, 2.05) is 0 Å². The maximum absolute atomic E-state index is 2.60. The van der Waals surface area contributed by atoms with Crippen LogP contribution < -0.4 is 0 Å². The second-order valence-electron chi connectivity index (χ2n) is 5.72.